The highest BCUT2D eigenvalue weighted by atomic mass is 16.8. The third-order valence-electron chi connectivity index (χ3n) is 11.7. The van der Waals surface area contributed by atoms with Crippen LogP contribution in [0.1, 0.15) is 96.5 Å². The summed E-state index contributed by atoms with van der Waals surface area (Å²) >= 11 is 0. The van der Waals surface area contributed by atoms with Gasteiger partial charge in [-0.15, -0.1) is 6.58 Å². The summed E-state index contributed by atoms with van der Waals surface area (Å²) in [6.07, 6.45) is 11.1. The number of aliphatic hydroxyl groups is 2. The molecule has 1 amide bonds. The molecule has 306 valence electrons. The van der Waals surface area contributed by atoms with E-state index in [1.165, 1.54) is 0 Å². The summed E-state index contributed by atoms with van der Waals surface area (Å²) in [5.74, 6) is -0.110. The molecule has 2 saturated heterocycles. The number of likely N-dealkylation sites (N-methyl/N-ethyl adjacent to an activating group) is 1. The fourth-order valence-electron chi connectivity index (χ4n) is 8.83. The summed E-state index contributed by atoms with van der Waals surface area (Å²) in [5.41, 5.74) is 2.53. The van der Waals surface area contributed by atoms with Gasteiger partial charge >= 0.3 is 6.09 Å². The lowest BCUT2D eigenvalue weighted by Crippen LogP contribution is -2.69. The second-order valence-electron chi connectivity index (χ2n) is 17.1. The van der Waals surface area contributed by atoms with Crippen molar-refractivity contribution in [3.63, 3.8) is 0 Å². The highest BCUT2D eigenvalue weighted by Gasteiger charge is 2.65. The number of rotatable bonds is 19. The Labute approximate surface area is 327 Å². The van der Waals surface area contributed by atoms with Gasteiger partial charge in [0.2, 0.25) is 12.1 Å². The highest BCUT2D eigenvalue weighted by molar-refractivity contribution is 6.02. The second-order valence-corrected chi connectivity index (χ2v) is 17.1. The predicted molar refractivity (Wildman–Crippen MR) is 210 cm³/mol. The lowest BCUT2D eigenvalue weighted by molar-refractivity contribution is -0.254. The number of aliphatic hydroxyl groups excluding tert-OH is 2. The Hall–Kier alpha value is -3.16. The lowest BCUT2D eigenvalue weighted by Gasteiger charge is -2.59. The zero-order valence-corrected chi connectivity index (χ0v) is 33.6. The van der Waals surface area contributed by atoms with Gasteiger partial charge in [-0.05, 0) is 79.5 Å². The van der Waals surface area contributed by atoms with E-state index in [0.29, 0.717) is 38.2 Å². The minimum atomic E-state index is -1.33. The first-order valence-corrected chi connectivity index (χ1v) is 20.7. The minimum absolute atomic E-state index is 0.124. The maximum Gasteiger partial charge on any atom is 0.410 e. The summed E-state index contributed by atoms with van der Waals surface area (Å²) in [7, 11) is 1.76. The summed E-state index contributed by atoms with van der Waals surface area (Å²) in [4.78, 5) is 24.2. The van der Waals surface area contributed by atoms with Gasteiger partial charge in [0.15, 0.2) is 0 Å². The summed E-state index contributed by atoms with van der Waals surface area (Å²) in [6, 6.07) is 5.44. The number of oxime groups is 1. The molecule has 3 aliphatic heterocycles. The van der Waals surface area contributed by atoms with Gasteiger partial charge in [0.1, 0.15) is 24.1 Å². The molecule has 6 rings (SSSR count). The smallest absolute Gasteiger partial charge is 0.410 e. The fourth-order valence-corrected chi connectivity index (χ4v) is 8.83. The van der Waals surface area contributed by atoms with Crippen molar-refractivity contribution in [1.29, 1.82) is 0 Å². The Morgan fingerprint density at radius 1 is 1.13 bits per heavy atom. The molecule has 7 unspecified atom stereocenters. The monoisotopic (exact) mass is 767 g/mol. The maximum atomic E-state index is 14.0. The normalized spacial score (nSPS) is 29.3. The first-order chi connectivity index (χ1) is 26.6. The average molecular weight is 768 g/mol. The molecular weight excluding hydrogens is 702 g/mol. The van der Waals surface area contributed by atoms with Crippen LogP contribution in [0.15, 0.2) is 47.7 Å². The zero-order chi connectivity index (χ0) is 39.0. The molecule has 1 saturated carbocycles. The second kappa shape index (κ2) is 18.9. The Kier molecular flexibility index (Phi) is 14.2. The van der Waals surface area contributed by atoms with E-state index in [9.17, 15) is 15.0 Å². The standard InChI is InChI=1S/C43H65N3O9/c1-6-23-53-43-37(45(5)41(49)52-29-42(2,3)4)28-35(44-55-38-15-9-12-24-51-38)33-26-30(13-7-10-21-47)32(14-8-11-22-48)39(40(33)43)34-27-31(16-17-36(34)54-43)50-25-20-46-18-19-46/h6,16-17,26-27,30,32,37-40,47-48H,1,7-15,18-25,28-29H2,2-5H3. The minimum Gasteiger partial charge on any atom is -0.492 e. The van der Waals surface area contributed by atoms with Crippen LogP contribution >= 0.6 is 0 Å². The number of allylic oxidation sites excluding steroid dienone is 1. The number of benzene rings is 1. The van der Waals surface area contributed by atoms with Crippen molar-refractivity contribution in [2.24, 2.45) is 28.3 Å². The highest BCUT2D eigenvalue weighted by Crippen LogP contribution is 2.61. The topological polar surface area (TPSA) is 132 Å². The van der Waals surface area contributed by atoms with E-state index in [4.69, 9.17) is 33.7 Å². The van der Waals surface area contributed by atoms with Gasteiger partial charge in [0.05, 0.1) is 31.5 Å². The van der Waals surface area contributed by atoms with E-state index < -0.39 is 30.1 Å². The Balaban J connectivity index is 1.51. The summed E-state index contributed by atoms with van der Waals surface area (Å²) in [6.45, 7) is 15.1. The van der Waals surface area contributed by atoms with Crippen LogP contribution in [0.4, 0.5) is 4.79 Å². The summed E-state index contributed by atoms with van der Waals surface area (Å²) < 4.78 is 32.4. The van der Waals surface area contributed by atoms with Gasteiger partial charge in [-0.25, -0.2) is 4.79 Å². The number of hydrogen-bond acceptors (Lipinski definition) is 11. The SMILES string of the molecule is C=CCOC12Oc3ccc(OCCN4CC4)cc3C3C(CCCCO)C(CCCCO)C=C(C(=NOC4CCCCO4)CC1N(C)C(=O)OCC(C)(C)C)C32. The van der Waals surface area contributed by atoms with Crippen molar-refractivity contribution in [3.05, 3.63) is 48.1 Å². The number of amides is 1. The molecule has 12 nitrogen and oxygen atoms in total. The van der Waals surface area contributed by atoms with Gasteiger partial charge < -0.3 is 43.6 Å². The van der Waals surface area contributed by atoms with Crippen LogP contribution in [-0.4, -0.2) is 116 Å². The van der Waals surface area contributed by atoms with Gasteiger partial charge in [-0.2, -0.15) is 0 Å². The molecule has 0 spiro atoms. The molecule has 0 aromatic heterocycles. The Morgan fingerprint density at radius 2 is 1.91 bits per heavy atom. The molecule has 0 radical (unpaired) electrons. The van der Waals surface area contributed by atoms with E-state index in [-0.39, 0.29) is 49.6 Å². The van der Waals surface area contributed by atoms with Crippen LogP contribution in [0.25, 0.3) is 0 Å². The molecular formula is C43H65N3O9. The van der Waals surface area contributed by atoms with Gasteiger partial charge in [0.25, 0.3) is 0 Å². The number of nitrogens with zero attached hydrogens (tertiary/aromatic N) is 3. The van der Waals surface area contributed by atoms with E-state index in [2.05, 4.69) is 23.6 Å². The van der Waals surface area contributed by atoms with Crippen LogP contribution in [0.5, 0.6) is 11.5 Å². The Morgan fingerprint density at radius 3 is 2.60 bits per heavy atom. The number of carbonyl (C=O) groups excluding carboxylic acids is 1. The zero-order valence-electron chi connectivity index (χ0n) is 33.6. The van der Waals surface area contributed by atoms with Gasteiger partial charge in [-0.3, -0.25) is 4.90 Å². The molecule has 12 heteroatoms. The van der Waals surface area contributed by atoms with E-state index >= 15 is 0 Å². The third-order valence-corrected chi connectivity index (χ3v) is 11.7. The molecule has 7 atom stereocenters. The Bertz CT molecular complexity index is 1500. The number of fused-ring (bicyclic) bond motifs is 2. The first kappa shape index (κ1) is 41.5. The maximum absolute atomic E-state index is 14.0. The van der Waals surface area contributed by atoms with Crippen molar-refractivity contribution in [1.82, 2.24) is 9.80 Å². The third kappa shape index (κ3) is 10.1. The largest absolute Gasteiger partial charge is 0.492 e. The van der Waals surface area contributed by atoms with Gasteiger partial charge in [-0.1, -0.05) is 50.9 Å². The van der Waals surface area contributed by atoms with Crippen molar-refractivity contribution < 1.29 is 43.5 Å². The molecule has 5 aliphatic rings. The molecule has 1 aromatic rings. The molecule has 55 heavy (non-hydrogen) atoms. The van der Waals surface area contributed by atoms with Crippen LogP contribution < -0.4 is 9.47 Å². The molecule has 3 heterocycles. The predicted octanol–water partition coefficient (Wildman–Crippen LogP) is 6.66. The van der Waals surface area contributed by atoms with Crippen LogP contribution in [-0.2, 0) is 19.0 Å². The van der Waals surface area contributed by atoms with Crippen LogP contribution in [0.2, 0.25) is 0 Å². The number of ether oxygens (including phenoxy) is 5. The summed E-state index contributed by atoms with van der Waals surface area (Å²) in [5, 5.41) is 24.6. The average Bonchev–Trinajstić information content (AvgIpc) is 4.01. The van der Waals surface area contributed by atoms with E-state index in [1.54, 1.807) is 18.0 Å². The number of hydrogen-bond donors (Lipinski definition) is 2. The van der Waals surface area contributed by atoms with E-state index in [1.807, 2.05) is 32.9 Å². The van der Waals surface area contributed by atoms with Gasteiger partial charge in [0, 0.05) is 64.2 Å². The van der Waals surface area contributed by atoms with E-state index in [0.717, 1.165) is 87.2 Å². The van der Waals surface area contributed by atoms with Crippen molar-refractivity contribution >= 4 is 11.8 Å². The van der Waals surface area contributed by atoms with Crippen LogP contribution in [0.3, 0.4) is 0 Å². The van der Waals surface area contributed by atoms with Crippen molar-refractivity contribution in [3.8, 4) is 11.5 Å². The molecule has 2 aliphatic carbocycles. The number of unbranched alkanes of at least 4 members (excludes halogenated alkanes) is 2. The van der Waals surface area contributed by atoms with Crippen LogP contribution in [0, 0.1) is 23.2 Å². The molecule has 1 aromatic carbocycles. The molecule has 0 bridgehead atoms. The number of carbonyl (C=O) groups is 1. The first-order valence-electron chi connectivity index (χ1n) is 20.7. The van der Waals surface area contributed by atoms with Crippen molar-refractivity contribution in [2.45, 2.75) is 109 Å². The van der Waals surface area contributed by atoms with Crippen molar-refractivity contribution in [2.75, 3.05) is 66.3 Å². The molecule has 2 N–H and O–H groups in total. The lowest BCUT2D eigenvalue weighted by atomic mass is 9.55. The fraction of sp³-hybridized carbons (Fsp3) is 0.721. The molecule has 3 fully saturated rings. The quantitative estimate of drug-likeness (QED) is 0.0683.